The van der Waals surface area contributed by atoms with Crippen LogP contribution < -0.4 is 5.73 Å². The lowest BCUT2D eigenvalue weighted by Gasteiger charge is -2.05. The second-order valence-electron chi connectivity index (χ2n) is 3.73. The summed E-state index contributed by atoms with van der Waals surface area (Å²) in [4.78, 5) is 4.29. The maximum Gasteiger partial charge on any atom is 0.258 e. The Hall–Kier alpha value is -0.990. The lowest BCUT2D eigenvalue weighted by atomic mass is 10.2. The van der Waals surface area contributed by atoms with Crippen LogP contribution in [0.3, 0.4) is 0 Å². The molecule has 18 heavy (non-hydrogen) atoms. The van der Waals surface area contributed by atoms with E-state index in [1.54, 1.807) is 0 Å². The summed E-state index contributed by atoms with van der Waals surface area (Å²) in [6.07, 6.45) is 0. The standard InChI is InChI=1S/C12H14IN3O2/c1-2-17-7-10(14)11-15-12(18-16-11)8-4-3-5-9(13)6-8/h3-6,10H,2,7,14H2,1H3. The Morgan fingerprint density at radius 2 is 2.33 bits per heavy atom. The predicted molar refractivity (Wildman–Crippen MR) is 75.9 cm³/mol. The van der Waals surface area contributed by atoms with Crippen molar-refractivity contribution in [2.24, 2.45) is 5.73 Å². The van der Waals surface area contributed by atoms with E-state index in [-0.39, 0.29) is 6.04 Å². The average Bonchev–Trinajstić information content (AvgIpc) is 2.85. The highest BCUT2D eigenvalue weighted by atomic mass is 127. The van der Waals surface area contributed by atoms with Gasteiger partial charge in [0.1, 0.15) is 0 Å². The van der Waals surface area contributed by atoms with Crippen LogP contribution in [0.1, 0.15) is 18.8 Å². The molecule has 1 atom stereocenters. The molecule has 0 radical (unpaired) electrons. The number of nitrogens with two attached hydrogens (primary N) is 1. The summed E-state index contributed by atoms with van der Waals surface area (Å²) in [6.45, 7) is 2.93. The minimum atomic E-state index is -0.356. The van der Waals surface area contributed by atoms with Crippen molar-refractivity contribution in [1.82, 2.24) is 10.1 Å². The van der Waals surface area contributed by atoms with Crippen LogP contribution in [0.5, 0.6) is 0 Å². The molecule has 0 aliphatic rings. The smallest absolute Gasteiger partial charge is 0.258 e. The Morgan fingerprint density at radius 1 is 1.50 bits per heavy atom. The van der Waals surface area contributed by atoms with Gasteiger partial charge in [-0.3, -0.25) is 0 Å². The van der Waals surface area contributed by atoms with Crippen molar-refractivity contribution in [3.05, 3.63) is 33.7 Å². The molecule has 0 saturated carbocycles. The summed E-state index contributed by atoms with van der Waals surface area (Å²) < 4.78 is 11.6. The second kappa shape index (κ2) is 6.26. The monoisotopic (exact) mass is 359 g/mol. The van der Waals surface area contributed by atoms with E-state index in [0.717, 1.165) is 9.13 Å². The molecule has 1 aromatic carbocycles. The third-order valence-electron chi connectivity index (χ3n) is 2.35. The number of hydrogen-bond acceptors (Lipinski definition) is 5. The number of benzene rings is 1. The molecule has 96 valence electrons. The van der Waals surface area contributed by atoms with Crippen molar-refractivity contribution < 1.29 is 9.26 Å². The largest absolute Gasteiger partial charge is 0.380 e. The maximum absolute atomic E-state index is 5.89. The topological polar surface area (TPSA) is 74.2 Å². The predicted octanol–water partition coefficient (Wildman–Crippen LogP) is 2.38. The van der Waals surface area contributed by atoms with Gasteiger partial charge < -0.3 is 15.0 Å². The quantitative estimate of drug-likeness (QED) is 0.830. The molecule has 1 aromatic heterocycles. The molecule has 6 heteroatoms. The fourth-order valence-corrected chi connectivity index (χ4v) is 1.99. The lowest BCUT2D eigenvalue weighted by Crippen LogP contribution is -2.18. The third-order valence-corrected chi connectivity index (χ3v) is 3.02. The molecule has 0 aliphatic heterocycles. The fraction of sp³-hybridized carbons (Fsp3) is 0.333. The summed E-state index contributed by atoms with van der Waals surface area (Å²) in [5, 5.41) is 3.88. The Bertz CT molecular complexity index is 516. The summed E-state index contributed by atoms with van der Waals surface area (Å²) in [5.41, 5.74) is 6.78. The molecule has 1 unspecified atom stereocenters. The zero-order chi connectivity index (χ0) is 13.0. The first-order valence-corrected chi connectivity index (χ1v) is 6.71. The van der Waals surface area contributed by atoms with Crippen LogP contribution in [-0.2, 0) is 4.74 Å². The molecule has 5 nitrogen and oxygen atoms in total. The molecular formula is C12H14IN3O2. The van der Waals surface area contributed by atoms with Gasteiger partial charge in [0.15, 0.2) is 5.82 Å². The number of hydrogen-bond donors (Lipinski definition) is 1. The molecule has 0 fully saturated rings. The van der Waals surface area contributed by atoms with Crippen LogP contribution in [0, 0.1) is 3.57 Å². The molecular weight excluding hydrogens is 345 g/mol. The van der Waals surface area contributed by atoms with E-state index in [1.807, 2.05) is 31.2 Å². The van der Waals surface area contributed by atoms with Crippen LogP contribution in [0.15, 0.2) is 28.8 Å². The Balaban J connectivity index is 2.15. The summed E-state index contributed by atoms with van der Waals surface area (Å²) in [6, 6.07) is 7.49. The van der Waals surface area contributed by atoms with Crippen molar-refractivity contribution in [1.29, 1.82) is 0 Å². The molecule has 0 amide bonds. The van der Waals surface area contributed by atoms with Crippen molar-refractivity contribution in [3.63, 3.8) is 0 Å². The maximum atomic E-state index is 5.89. The number of rotatable bonds is 5. The number of halogens is 1. The van der Waals surface area contributed by atoms with Crippen molar-refractivity contribution in [2.45, 2.75) is 13.0 Å². The van der Waals surface area contributed by atoms with Crippen LogP contribution in [0.25, 0.3) is 11.5 Å². The van der Waals surface area contributed by atoms with Gasteiger partial charge in [0.05, 0.1) is 12.6 Å². The molecule has 0 saturated heterocycles. The van der Waals surface area contributed by atoms with Crippen molar-refractivity contribution >= 4 is 22.6 Å². The SMILES string of the molecule is CCOCC(N)c1noc(-c2cccc(I)c2)n1. The van der Waals surface area contributed by atoms with Gasteiger partial charge in [-0.05, 0) is 47.7 Å². The Labute approximate surface area is 119 Å². The first kappa shape index (κ1) is 13.4. The van der Waals surface area contributed by atoms with Gasteiger partial charge in [-0.25, -0.2) is 0 Å². The van der Waals surface area contributed by atoms with E-state index in [1.165, 1.54) is 0 Å². The van der Waals surface area contributed by atoms with Gasteiger partial charge in [0.2, 0.25) is 0 Å². The second-order valence-corrected chi connectivity index (χ2v) is 4.98. The summed E-state index contributed by atoms with van der Waals surface area (Å²) in [7, 11) is 0. The van der Waals surface area contributed by atoms with Gasteiger partial charge in [0, 0.05) is 15.7 Å². The van der Waals surface area contributed by atoms with E-state index < -0.39 is 0 Å². The highest BCUT2D eigenvalue weighted by molar-refractivity contribution is 14.1. The minimum Gasteiger partial charge on any atom is -0.380 e. The van der Waals surface area contributed by atoms with Gasteiger partial charge >= 0.3 is 0 Å². The number of ether oxygens (including phenoxy) is 1. The van der Waals surface area contributed by atoms with E-state index in [4.69, 9.17) is 15.0 Å². The molecule has 0 aliphatic carbocycles. The molecule has 2 rings (SSSR count). The fourth-order valence-electron chi connectivity index (χ4n) is 1.44. The van der Waals surface area contributed by atoms with Crippen molar-refractivity contribution in [3.8, 4) is 11.5 Å². The van der Waals surface area contributed by atoms with E-state index in [0.29, 0.717) is 24.9 Å². The Kier molecular flexibility index (Phi) is 4.67. The van der Waals surface area contributed by atoms with Crippen LogP contribution in [-0.4, -0.2) is 23.4 Å². The van der Waals surface area contributed by atoms with E-state index >= 15 is 0 Å². The zero-order valence-corrected chi connectivity index (χ0v) is 12.1. The van der Waals surface area contributed by atoms with Gasteiger partial charge in [-0.15, -0.1) is 0 Å². The summed E-state index contributed by atoms with van der Waals surface area (Å²) in [5.74, 6) is 0.952. The molecule has 0 spiro atoms. The number of nitrogens with zero attached hydrogens (tertiary/aromatic N) is 2. The minimum absolute atomic E-state index is 0.356. The highest BCUT2D eigenvalue weighted by Gasteiger charge is 2.15. The molecule has 0 bridgehead atoms. The van der Waals surface area contributed by atoms with Gasteiger partial charge in [-0.2, -0.15) is 4.98 Å². The van der Waals surface area contributed by atoms with Gasteiger partial charge in [-0.1, -0.05) is 11.2 Å². The third kappa shape index (κ3) is 3.27. The normalized spacial score (nSPS) is 12.6. The van der Waals surface area contributed by atoms with E-state index in [9.17, 15) is 0 Å². The van der Waals surface area contributed by atoms with Gasteiger partial charge in [0.25, 0.3) is 5.89 Å². The van der Waals surface area contributed by atoms with Crippen molar-refractivity contribution in [2.75, 3.05) is 13.2 Å². The first-order chi connectivity index (χ1) is 8.70. The average molecular weight is 359 g/mol. The zero-order valence-electron chi connectivity index (χ0n) is 9.97. The van der Waals surface area contributed by atoms with Crippen LogP contribution >= 0.6 is 22.6 Å². The van der Waals surface area contributed by atoms with E-state index in [2.05, 4.69) is 32.7 Å². The lowest BCUT2D eigenvalue weighted by molar-refractivity contribution is 0.130. The highest BCUT2D eigenvalue weighted by Crippen LogP contribution is 2.20. The molecule has 2 N–H and O–H groups in total. The number of aromatic nitrogens is 2. The Morgan fingerprint density at radius 3 is 3.06 bits per heavy atom. The molecule has 1 heterocycles. The molecule has 2 aromatic rings. The summed E-state index contributed by atoms with van der Waals surface area (Å²) >= 11 is 2.24. The van der Waals surface area contributed by atoms with Crippen LogP contribution in [0.2, 0.25) is 0 Å². The first-order valence-electron chi connectivity index (χ1n) is 5.63. The van der Waals surface area contributed by atoms with Crippen LogP contribution in [0.4, 0.5) is 0 Å².